The van der Waals surface area contributed by atoms with E-state index >= 15 is 0 Å². The molecule has 180 valence electrons. The first-order valence-corrected chi connectivity index (χ1v) is 13.1. The molecule has 3 saturated carbocycles. The number of nitrogens with one attached hydrogen (secondary N) is 1. The average Bonchev–Trinajstić information content (AvgIpc) is 2.86. The van der Waals surface area contributed by atoms with Crippen LogP contribution < -0.4 is 11.1 Å². The van der Waals surface area contributed by atoms with Crippen LogP contribution >= 0.6 is 0 Å². The van der Waals surface area contributed by atoms with Gasteiger partial charge >= 0.3 is 0 Å². The van der Waals surface area contributed by atoms with Crippen LogP contribution in [0, 0.1) is 5.41 Å². The van der Waals surface area contributed by atoms with Crippen molar-refractivity contribution in [3.05, 3.63) is 71.8 Å². The van der Waals surface area contributed by atoms with E-state index in [1.54, 1.807) is 0 Å². The van der Waals surface area contributed by atoms with Gasteiger partial charge in [0.15, 0.2) is 0 Å². The van der Waals surface area contributed by atoms with Crippen molar-refractivity contribution in [1.29, 1.82) is 0 Å². The summed E-state index contributed by atoms with van der Waals surface area (Å²) in [5.74, 6) is 0.283. The number of hydroxylamine groups is 2. The summed E-state index contributed by atoms with van der Waals surface area (Å²) in [6.07, 6.45) is 8.91. The molecule has 2 saturated heterocycles. The molecule has 2 aliphatic heterocycles. The van der Waals surface area contributed by atoms with Crippen molar-refractivity contribution in [2.75, 3.05) is 0 Å². The fraction of sp³-hybridized carbons (Fsp3) is 0.552. The third-order valence-corrected chi connectivity index (χ3v) is 9.10. The third-order valence-electron chi connectivity index (χ3n) is 9.10. The van der Waals surface area contributed by atoms with Crippen LogP contribution in [0.15, 0.2) is 60.7 Å². The lowest BCUT2D eigenvalue weighted by Crippen LogP contribution is -2.69. The van der Waals surface area contributed by atoms with Gasteiger partial charge in [-0.25, -0.2) is 0 Å². The van der Waals surface area contributed by atoms with E-state index in [1.165, 1.54) is 11.1 Å². The van der Waals surface area contributed by atoms with Gasteiger partial charge in [-0.15, -0.1) is 0 Å². The van der Waals surface area contributed by atoms with Gasteiger partial charge in [0, 0.05) is 24.2 Å². The minimum absolute atomic E-state index is 0.0615. The van der Waals surface area contributed by atoms with Crippen molar-refractivity contribution in [3.63, 3.8) is 0 Å². The molecule has 7 rings (SSSR count). The summed E-state index contributed by atoms with van der Waals surface area (Å²) >= 11 is 0. The summed E-state index contributed by atoms with van der Waals surface area (Å²) in [4.78, 5) is 20.4. The standard InChI is InChI=1S/C29H37N3O2/c30-23-11-13-24(14-12-23)31-27(33)29-17-25-15-28(20-29,22-9-5-2-6-10-22)16-26(18-29)32(25)34-19-21-7-3-1-4-8-21/h1-10,23-26H,11-20,30H2,(H,31,33). The molecule has 4 bridgehead atoms. The number of piperidine rings is 2. The van der Waals surface area contributed by atoms with Crippen LogP contribution in [0.5, 0.6) is 0 Å². The highest BCUT2D eigenvalue weighted by molar-refractivity contribution is 5.84. The average molecular weight is 460 g/mol. The molecule has 5 heteroatoms. The molecule has 0 spiro atoms. The van der Waals surface area contributed by atoms with Gasteiger partial charge in [-0.2, -0.15) is 5.06 Å². The van der Waals surface area contributed by atoms with Crippen LogP contribution in [0.1, 0.15) is 68.9 Å². The van der Waals surface area contributed by atoms with Crippen molar-refractivity contribution in [3.8, 4) is 0 Å². The number of nitrogens with two attached hydrogens (primary N) is 1. The van der Waals surface area contributed by atoms with Crippen LogP contribution in [-0.4, -0.2) is 35.1 Å². The summed E-state index contributed by atoms with van der Waals surface area (Å²) < 4.78 is 0. The van der Waals surface area contributed by atoms with Gasteiger partial charge in [-0.3, -0.25) is 9.63 Å². The van der Waals surface area contributed by atoms with E-state index in [-0.39, 0.29) is 34.9 Å². The fourth-order valence-corrected chi connectivity index (χ4v) is 7.64. The largest absolute Gasteiger partial charge is 0.353 e. The molecule has 5 aliphatic rings. The molecule has 3 aliphatic carbocycles. The van der Waals surface area contributed by atoms with Crippen molar-refractivity contribution < 1.29 is 9.63 Å². The van der Waals surface area contributed by atoms with Crippen molar-refractivity contribution in [1.82, 2.24) is 10.4 Å². The van der Waals surface area contributed by atoms with E-state index in [0.717, 1.165) is 57.8 Å². The van der Waals surface area contributed by atoms with E-state index < -0.39 is 0 Å². The van der Waals surface area contributed by atoms with Crippen LogP contribution in [0.2, 0.25) is 0 Å². The predicted molar refractivity (Wildman–Crippen MR) is 133 cm³/mol. The second-order valence-electron chi connectivity index (χ2n) is 11.4. The quantitative estimate of drug-likeness (QED) is 0.669. The topological polar surface area (TPSA) is 67.6 Å². The van der Waals surface area contributed by atoms with Crippen LogP contribution in [0.25, 0.3) is 0 Å². The molecule has 2 aromatic rings. The zero-order valence-electron chi connectivity index (χ0n) is 20.0. The van der Waals surface area contributed by atoms with Gasteiger partial charge in [-0.1, -0.05) is 60.7 Å². The van der Waals surface area contributed by atoms with Gasteiger partial charge < -0.3 is 11.1 Å². The van der Waals surface area contributed by atoms with Crippen molar-refractivity contribution in [2.24, 2.45) is 11.1 Å². The Kier molecular flexibility index (Phi) is 5.75. The first-order valence-electron chi connectivity index (χ1n) is 13.1. The first kappa shape index (κ1) is 22.3. The number of carbonyl (C=O) groups excluding carboxylic acids is 1. The smallest absolute Gasteiger partial charge is 0.226 e. The SMILES string of the molecule is NC1CCC(NC(=O)C23CC4CC(c5ccccc5)(CC(C2)N4OCc2ccccc2)C3)CC1. The minimum Gasteiger partial charge on any atom is -0.353 e. The Balaban J connectivity index is 1.25. The Labute approximate surface area is 203 Å². The zero-order chi connectivity index (χ0) is 23.2. The van der Waals surface area contributed by atoms with Gasteiger partial charge in [0.2, 0.25) is 5.91 Å². The Morgan fingerprint density at radius 1 is 0.912 bits per heavy atom. The molecular weight excluding hydrogens is 422 g/mol. The Morgan fingerprint density at radius 2 is 1.53 bits per heavy atom. The lowest BCUT2D eigenvalue weighted by Gasteiger charge is -2.64. The minimum atomic E-state index is -0.298. The molecule has 0 radical (unpaired) electrons. The summed E-state index contributed by atoms with van der Waals surface area (Å²) in [7, 11) is 0. The molecule has 5 fully saturated rings. The third kappa shape index (κ3) is 3.98. The molecule has 1 amide bonds. The van der Waals surface area contributed by atoms with Gasteiger partial charge in [0.25, 0.3) is 0 Å². The van der Waals surface area contributed by atoms with Crippen LogP contribution in [-0.2, 0) is 21.7 Å². The maximum atomic E-state index is 13.9. The first-order chi connectivity index (χ1) is 16.6. The number of carbonyl (C=O) groups is 1. The molecule has 3 N–H and O–H groups in total. The maximum Gasteiger partial charge on any atom is 0.226 e. The number of benzene rings is 2. The second-order valence-corrected chi connectivity index (χ2v) is 11.4. The van der Waals surface area contributed by atoms with Gasteiger partial charge in [0.1, 0.15) is 0 Å². The highest BCUT2D eigenvalue weighted by Crippen LogP contribution is 2.62. The van der Waals surface area contributed by atoms with E-state index in [2.05, 4.69) is 65.0 Å². The normalized spacial score (nSPS) is 37.0. The lowest BCUT2D eigenvalue weighted by atomic mass is 9.47. The van der Waals surface area contributed by atoms with Gasteiger partial charge in [-0.05, 0) is 74.3 Å². The second kappa shape index (κ2) is 8.78. The van der Waals surface area contributed by atoms with E-state index in [1.807, 2.05) is 6.07 Å². The summed E-state index contributed by atoms with van der Waals surface area (Å²) in [5, 5.41) is 5.76. The van der Waals surface area contributed by atoms with Crippen molar-refractivity contribution in [2.45, 2.75) is 94.0 Å². The summed E-state index contributed by atoms with van der Waals surface area (Å²) in [6.45, 7) is 0.591. The van der Waals surface area contributed by atoms with E-state index in [4.69, 9.17) is 10.6 Å². The summed E-state index contributed by atoms with van der Waals surface area (Å²) in [5.41, 5.74) is 8.46. The maximum absolute atomic E-state index is 13.9. The Morgan fingerprint density at radius 3 is 2.18 bits per heavy atom. The van der Waals surface area contributed by atoms with Crippen molar-refractivity contribution >= 4 is 5.91 Å². The fourth-order valence-electron chi connectivity index (χ4n) is 7.64. The molecule has 5 nitrogen and oxygen atoms in total. The van der Waals surface area contributed by atoms with Crippen LogP contribution in [0.4, 0.5) is 0 Å². The number of hydrogen-bond acceptors (Lipinski definition) is 4. The summed E-state index contributed by atoms with van der Waals surface area (Å²) in [6, 6.07) is 22.5. The molecule has 34 heavy (non-hydrogen) atoms. The highest BCUT2D eigenvalue weighted by Gasteiger charge is 2.64. The van der Waals surface area contributed by atoms with Gasteiger partial charge in [0.05, 0.1) is 12.0 Å². The monoisotopic (exact) mass is 459 g/mol. The molecule has 2 aromatic carbocycles. The molecule has 2 atom stereocenters. The molecule has 0 aromatic heterocycles. The highest BCUT2D eigenvalue weighted by atomic mass is 16.7. The van der Waals surface area contributed by atoms with E-state index in [9.17, 15) is 4.79 Å². The predicted octanol–water partition coefficient (Wildman–Crippen LogP) is 4.46. The Bertz CT molecular complexity index is 987. The number of nitrogens with zero attached hydrogens (tertiary/aromatic N) is 1. The van der Waals surface area contributed by atoms with Crippen LogP contribution in [0.3, 0.4) is 0 Å². The number of rotatable bonds is 6. The lowest BCUT2D eigenvalue weighted by molar-refractivity contribution is -0.289. The molecule has 2 heterocycles. The zero-order valence-corrected chi connectivity index (χ0v) is 20.0. The molecule has 2 unspecified atom stereocenters. The Hall–Kier alpha value is -2.21. The molecular formula is C29H37N3O2. The number of amides is 1. The number of hydrogen-bond donors (Lipinski definition) is 2. The van der Waals surface area contributed by atoms with E-state index in [0.29, 0.717) is 12.6 Å².